The number of nitrogens with one attached hydrogen (secondary N) is 1. The fourth-order valence-electron chi connectivity index (χ4n) is 2.26. The lowest BCUT2D eigenvalue weighted by atomic mass is 9.97. The third kappa shape index (κ3) is 1.43. The SMILES string of the molecule is O=C1C2=CNCCC2C(=O)N1c1ccncc1. The van der Waals surface area contributed by atoms with Gasteiger partial charge in [-0.15, -0.1) is 0 Å². The van der Waals surface area contributed by atoms with Gasteiger partial charge in [0, 0.05) is 30.7 Å². The third-order valence-corrected chi connectivity index (χ3v) is 3.10. The van der Waals surface area contributed by atoms with Crippen molar-refractivity contribution in [3.05, 3.63) is 36.3 Å². The molecule has 1 unspecified atom stereocenters. The Labute approximate surface area is 98.1 Å². The molecule has 0 radical (unpaired) electrons. The van der Waals surface area contributed by atoms with Crippen LogP contribution in [-0.2, 0) is 9.59 Å². The van der Waals surface area contributed by atoms with E-state index in [1.54, 1.807) is 30.7 Å². The smallest absolute Gasteiger partial charge is 0.263 e. The molecule has 86 valence electrons. The Hall–Kier alpha value is -2.17. The van der Waals surface area contributed by atoms with Crippen LogP contribution in [0.1, 0.15) is 6.42 Å². The van der Waals surface area contributed by atoms with E-state index in [0.717, 1.165) is 6.54 Å². The molecule has 1 aromatic heterocycles. The van der Waals surface area contributed by atoms with Crippen molar-refractivity contribution in [3.8, 4) is 0 Å². The van der Waals surface area contributed by atoms with Crippen LogP contribution in [0.3, 0.4) is 0 Å². The minimum Gasteiger partial charge on any atom is -0.390 e. The lowest BCUT2D eigenvalue weighted by molar-refractivity contribution is -0.122. The van der Waals surface area contributed by atoms with E-state index in [-0.39, 0.29) is 17.7 Å². The largest absolute Gasteiger partial charge is 0.390 e. The molecule has 0 spiro atoms. The molecular formula is C12H11N3O2. The van der Waals surface area contributed by atoms with E-state index in [0.29, 0.717) is 17.7 Å². The zero-order chi connectivity index (χ0) is 11.8. The van der Waals surface area contributed by atoms with Crippen molar-refractivity contribution in [2.45, 2.75) is 6.42 Å². The minimum absolute atomic E-state index is 0.131. The zero-order valence-electron chi connectivity index (χ0n) is 9.09. The Morgan fingerprint density at radius 3 is 2.76 bits per heavy atom. The number of carbonyl (C=O) groups is 2. The zero-order valence-corrected chi connectivity index (χ0v) is 9.09. The number of imide groups is 1. The highest BCUT2D eigenvalue weighted by molar-refractivity contribution is 6.29. The second-order valence-electron chi connectivity index (χ2n) is 4.08. The minimum atomic E-state index is -0.281. The van der Waals surface area contributed by atoms with Gasteiger partial charge in [-0.2, -0.15) is 0 Å². The molecule has 5 nitrogen and oxygen atoms in total. The second-order valence-corrected chi connectivity index (χ2v) is 4.08. The van der Waals surface area contributed by atoms with E-state index < -0.39 is 0 Å². The standard InChI is InChI=1S/C12H11N3O2/c16-11-9-3-6-14-7-10(9)12(17)15(11)8-1-4-13-5-2-8/h1-2,4-5,7,9,14H,3,6H2. The third-order valence-electron chi connectivity index (χ3n) is 3.10. The first-order chi connectivity index (χ1) is 8.29. The first kappa shape index (κ1) is 10.0. The van der Waals surface area contributed by atoms with Crippen LogP contribution in [-0.4, -0.2) is 23.3 Å². The molecule has 5 heteroatoms. The molecule has 1 fully saturated rings. The number of carbonyl (C=O) groups excluding carboxylic acids is 2. The number of nitrogens with zero attached hydrogens (tertiary/aromatic N) is 2. The predicted octanol–water partition coefficient (Wildman–Crippen LogP) is 0.448. The van der Waals surface area contributed by atoms with Crippen LogP contribution in [0, 0.1) is 5.92 Å². The van der Waals surface area contributed by atoms with Crippen molar-refractivity contribution in [1.82, 2.24) is 10.3 Å². The van der Waals surface area contributed by atoms with Crippen LogP contribution in [0.5, 0.6) is 0 Å². The maximum Gasteiger partial charge on any atom is 0.263 e. The molecule has 2 aliphatic heterocycles. The Morgan fingerprint density at radius 2 is 2.06 bits per heavy atom. The number of hydrogen-bond acceptors (Lipinski definition) is 4. The van der Waals surface area contributed by atoms with Crippen molar-refractivity contribution in [1.29, 1.82) is 0 Å². The number of hydrogen-bond donors (Lipinski definition) is 1. The van der Waals surface area contributed by atoms with Gasteiger partial charge in [0.25, 0.3) is 5.91 Å². The molecule has 0 bridgehead atoms. The number of rotatable bonds is 1. The molecule has 2 aliphatic rings. The summed E-state index contributed by atoms with van der Waals surface area (Å²) in [4.78, 5) is 29.4. The Morgan fingerprint density at radius 1 is 1.29 bits per heavy atom. The average Bonchev–Trinajstić information content (AvgIpc) is 2.64. The molecule has 0 saturated carbocycles. The van der Waals surface area contributed by atoms with Crippen LogP contribution in [0.25, 0.3) is 0 Å². The highest BCUT2D eigenvalue weighted by atomic mass is 16.2. The van der Waals surface area contributed by atoms with Gasteiger partial charge >= 0.3 is 0 Å². The molecule has 2 amide bonds. The summed E-state index contributed by atoms with van der Waals surface area (Å²) in [6.07, 6.45) is 5.49. The summed E-state index contributed by atoms with van der Waals surface area (Å²) >= 11 is 0. The van der Waals surface area contributed by atoms with E-state index in [4.69, 9.17) is 0 Å². The van der Waals surface area contributed by atoms with Gasteiger partial charge in [0.15, 0.2) is 0 Å². The first-order valence-electron chi connectivity index (χ1n) is 5.51. The number of fused-ring (bicyclic) bond motifs is 1. The number of amides is 2. The molecule has 17 heavy (non-hydrogen) atoms. The molecule has 0 aromatic carbocycles. The molecule has 1 saturated heterocycles. The van der Waals surface area contributed by atoms with E-state index in [2.05, 4.69) is 10.3 Å². The number of anilines is 1. The van der Waals surface area contributed by atoms with Crippen molar-refractivity contribution >= 4 is 17.5 Å². The highest BCUT2D eigenvalue weighted by Crippen LogP contribution is 2.32. The fourth-order valence-corrected chi connectivity index (χ4v) is 2.26. The van der Waals surface area contributed by atoms with E-state index in [1.807, 2.05) is 0 Å². The lowest BCUT2D eigenvalue weighted by Gasteiger charge is -2.14. The maximum atomic E-state index is 12.2. The Kier molecular flexibility index (Phi) is 2.18. The monoisotopic (exact) mass is 229 g/mol. The van der Waals surface area contributed by atoms with Gasteiger partial charge in [0.2, 0.25) is 5.91 Å². The fraction of sp³-hybridized carbons (Fsp3) is 0.250. The van der Waals surface area contributed by atoms with Gasteiger partial charge < -0.3 is 5.32 Å². The van der Waals surface area contributed by atoms with Gasteiger partial charge in [0.1, 0.15) is 0 Å². The normalized spacial score (nSPS) is 23.2. The van der Waals surface area contributed by atoms with Gasteiger partial charge in [-0.25, -0.2) is 4.90 Å². The van der Waals surface area contributed by atoms with Crippen molar-refractivity contribution < 1.29 is 9.59 Å². The van der Waals surface area contributed by atoms with Crippen LogP contribution in [0.15, 0.2) is 36.3 Å². The summed E-state index contributed by atoms with van der Waals surface area (Å²) in [7, 11) is 0. The first-order valence-corrected chi connectivity index (χ1v) is 5.51. The Balaban J connectivity index is 2.03. The molecule has 1 atom stereocenters. The second kappa shape index (κ2) is 3.69. The van der Waals surface area contributed by atoms with E-state index >= 15 is 0 Å². The van der Waals surface area contributed by atoms with Gasteiger partial charge in [-0.1, -0.05) is 0 Å². The summed E-state index contributed by atoms with van der Waals surface area (Å²) < 4.78 is 0. The van der Waals surface area contributed by atoms with Crippen molar-refractivity contribution in [2.75, 3.05) is 11.4 Å². The lowest BCUT2D eigenvalue weighted by Crippen LogP contribution is -2.30. The summed E-state index contributed by atoms with van der Waals surface area (Å²) in [6, 6.07) is 3.34. The van der Waals surface area contributed by atoms with Gasteiger partial charge in [-0.05, 0) is 18.6 Å². The topological polar surface area (TPSA) is 62.3 Å². The highest BCUT2D eigenvalue weighted by Gasteiger charge is 2.44. The van der Waals surface area contributed by atoms with E-state index in [1.165, 1.54) is 4.90 Å². The van der Waals surface area contributed by atoms with Crippen molar-refractivity contribution in [2.24, 2.45) is 5.92 Å². The van der Waals surface area contributed by atoms with Crippen molar-refractivity contribution in [3.63, 3.8) is 0 Å². The summed E-state index contributed by atoms with van der Waals surface area (Å²) in [5.74, 6) is -0.635. The summed E-state index contributed by atoms with van der Waals surface area (Å²) in [5.41, 5.74) is 1.16. The molecular weight excluding hydrogens is 218 g/mol. The van der Waals surface area contributed by atoms with Crippen LogP contribution in [0.2, 0.25) is 0 Å². The summed E-state index contributed by atoms with van der Waals surface area (Å²) in [6.45, 7) is 0.734. The Bertz CT molecular complexity index is 510. The predicted molar refractivity (Wildman–Crippen MR) is 60.9 cm³/mol. The van der Waals surface area contributed by atoms with Gasteiger partial charge in [-0.3, -0.25) is 14.6 Å². The molecule has 0 aliphatic carbocycles. The molecule has 1 N–H and O–H groups in total. The van der Waals surface area contributed by atoms with Crippen LogP contribution < -0.4 is 10.2 Å². The number of pyridine rings is 1. The van der Waals surface area contributed by atoms with Gasteiger partial charge in [0.05, 0.1) is 11.6 Å². The quantitative estimate of drug-likeness (QED) is 0.710. The van der Waals surface area contributed by atoms with Crippen LogP contribution >= 0.6 is 0 Å². The average molecular weight is 229 g/mol. The summed E-state index contributed by atoms with van der Waals surface area (Å²) in [5, 5.41) is 3.01. The van der Waals surface area contributed by atoms with E-state index in [9.17, 15) is 9.59 Å². The van der Waals surface area contributed by atoms with Crippen LogP contribution in [0.4, 0.5) is 5.69 Å². The number of aromatic nitrogens is 1. The maximum absolute atomic E-state index is 12.2. The molecule has 3 rings (SSSR count). The molecule has 1 aromatic rings. The molecule has 3 heterocycles.